The maximum atomic E-state index is 10.4. The molecule has 3 aromatic rings. The lowest BCUT2D eigenvalue weighted by Gasteiger charge is -2.07. The van der Waals surface area contributed by atoms with Gasteiger partial charge in [-0.15, -0.1) is 0 Å². The van der Waals surface area contributed by atoms with Crippen molar-refractivity contribution in [1.82, 2.24) is 0 Å². The summed E-state index contributed by atoms with van der Waals surface area (Å²) < 4.78 is 0. The molecule has 0 aliphatic heterocycles. The van der Waals surface area contributed by atoms with Gasteiger partial charge in [0.05, 0.1) is 17.0 Å². The molecule has 0 fully saturated rings. The van der Waals surface area contributed by atoms with E-state index in [1.54, 1.807) is 24.3 Å². The van der Waals surface area contributed by atoms with Gasteiger partial charge in [0.25, 0.3) is 0 Å². The smallest absolute Gasteiger partial charge is 0.167 e. The van der Waals surface area contributed by atoms with E-state index >= 15 is 0 Å². The molecule has 3 aromatic carbocycles. The van der Waals surface area contributed by atoms with Gasteiger partial charge in [0.1, 0.15) is 0 Å². The van der Waals surface area contributed by atoms with E-state index in [4.69, 9.17) is 23.2 Å². The van der Waals surface area contributed by atoms with Crippen LogP contribution in [0.15, 0.2) is 47.5 Å². The summed E-state index contributed by atoms with van der Waals surface area (Å²) in [6, 6.07) is 10.4. The van der Waals surface area contributed by atoms with Crippen LogP contribution in [0.2, 0.25) is 10.0 Å². The van der Waals surface area contributed by atoms with Crippen LogP contribution in [-0.2, 0) is 0 Å². The number of halogens is 2. The minimum Gasteiger partial charge on any atom is -0.504 e. The first kappa shape index (κ1) is 16.6. The van der Waals surface area contributed by atoms with Gasteiger partial charge in [0, 0.05) is 15.6 Å². The lowest BCUT2D eigenvalue weighted by molar-refractivity contribution is 0.403. The summed E-state index contributed by atoms with van der Waals surface area (Å²) in [5.74, 6) is -1.27. The molecule has 0 amide bonds. The molecule has 0 unspecified atom stereocenters. The van der Waals surface area contributed by atoms with Crippen molar-refractivity contribution < 1.29 is 20.4 Å². The number of aromatic hydroxyl groups is 4. The Morgan fingerprint density at radius 1 is 0.654 bits per heavy atom. The molecule has 4 rings (SSSR count). The van der Waals surface area contributed by atoms with E-state index in [0.29, 0.717) is 43.7 Å². The fraction of sp³-hybridized carbons (Fsp3) is 0. The number of phenolic OH excluding ortho intramolecular Hbond substituents is 4. The summed E-state index contributed by atoms with van der Waals surface area (Å²) in [6.07, 6.45) is 0. The van der Waals surface area contributed by atoms with Crippen LogP contribution in [0.3, 0.4) is 0 Å². The van der Waals surface area contributed by atoms with Crippen LogP contribution < -0.4 is 0 Å². The molecule has 1 aliphatic carbocycles. The molecule has 0 atom stereocenters. The van der Waals surface area contributed by atoms with Crippen LogP contribution in [0.1, 0.15) is 11.1 Å². The van der Waals surface area contributed by atoms with Crippen LogP contribution in [0.4, 0.5) is 5.69 Å². The lowest BCUT2D eigenvalue weighted by atomic mass is 10.0. The zero-order valence-electron chi connectivity index (χ0n) is 13.0. The van der Waals surface area contributed by atoms with Crippen LogP contribution in [-0.4, -0.2) is 26.1 Å². The van der Waals surface area contributed by atoms with Crippen molar-refractivity contribution in [3.63, 3.8) is 0 Å². The standard InChI is InChI=1S/C19H11Cl2NO4/c20-8-3-9(21)5-10(4-8)22-18-13-7-16(25)15(24)6-12(13)11-1-2-14(23)19(26)17(11)18/h1-7,23-26H. The Hall–Kier alpha value is -2.89. The molecule has 0 aromatic heterocycles. The quantitative estimate of drug-likeness (QED) is 0.347. The van der Waals surface area contributed by atoms with Crippen molar-refractivity contribution >= 4 is 34.6 Å². The number of benzene rings is 3. The number of phenols is 4. The summed E-state index contributed by atoms with van der Waals surface area (Å²) in [4.78, 5) is 4.52. The van der Waals surface area contributed by atoms with Gasteiger partial charge in [-0.3, -0.25) is 0 Å². The van der Waals surface area contributed by atoms with Gasteiger partial charge < -0.3 is 20.4 Å². The molecule has 26 heavy (non-hydrogen) atoms. The summed E-state index contributed by atoms with van der Waals surface area (Å²) in [7, 11) is 0. The molecule has 0 saturated heterocycles. The number of aliphatic imine (C=N–C) groups is 1. The summed E-state index contributed by atoms with van der Waals surface area (Å²) in [5.41, 5.74) is 2.67. The molecule has 4 N–H and O–H groups in total. The first-order chi connectivity index (χ1) is 12.3. The second-order valence-electron chi connectivity index (χ2n) is 5.83. The zero-order chi connectivity index (χ0) is 18.6. The monoisotopic (exact) mass is 387 g/mol. The molecule has 5 nitrogen and oxygen atoms in total. The maximum absolute atomic E-state index is 10.4. The molecule has 0 spiro atoms. The first-order valence-electron chi connectivity index (χ1n) is 7.52. The third-order valence-electron chi connectivity index (χ3n) is 4.14. The summed E-state index contributed by atoms with van der Waals surface area (Å²) in [6.45, 7) is 0. The number of rotatable bonds is 1. The van der Waals surface area contributed by atoms with Crippen molar-refractivity contribution in [1.29, 1.82) is 0 Å². The predicted molar refractivity (Wildman–Crippen MR) is 100 cm³/mol. The van der Waals surface area contributed by atoms with Gasteiger partial charge in [-0.05, 0) is 53.6 Å². The Bertz CT molecular complexity index is 1090. The van der Waals surface area contributed by atoms with Crippen LogP contribution in [0.25, 0.3) is 11.1 Å². The van der Waals surface area contributed by atoms with Crippen molar-refractivity contribution in [2.75, 3.05) is 0 Å². The minimum absolute atomic E-state index is 0.293. The SMILES string of the molecule is Oc1cc2c(cc1O)-c1ccc(O)c(O)c1C2=Nc1cc(Cl)cc(Cl)c1. The molecule has 7 heteroatoms. The van der Waals surface area contributed by atoms with E-state index in [-0.39, 0.29) is 23.0 Å². The third kappa shape index (κ3) is 2.53. The van der Waals surface area contributed by atoms with E-state index in [9.17, 15) is 20.4 Å². The van der Waals surface area contributed by atoms with Crippen molar-refractivity contribution in [3.05, 3.63) is 63.6 Å². The summed E-state index contributed by atoms with van der Waals surface area (Å²) >= 11 is 12.0. The Labute approximate surface area is 158 Å². The van der Waals surface area contributed by atoms with E-state index in [1.807, 2.05) is 0 Å². The molecule has 0 radical (unpaired) electrons. The van der Waals surface area contributed by atoms with Crippen LogP contribution >= 0.6 is 23.2 Å². The fourth-order valence-corrected chi connectivity index (χ4v) is 3.54. The van der Waals surface area contributed by atoms with Crippen molar-refractivity contribution in [2.45, 2.75) is 0 Å². The van der Waals surface area contributed by atoms with E-state index < -0.39 is 0 Å². The van der Waals surface area contributed by atoms with Gasteiger partial charge in [-0.1, -0.05) is 23.2 Å². The molecule has 130 valence electrons. The molecule has 0 bridgehead atoms. The van der Waals surface area contributed by atoms with E-state index in [0.717, 1.165) is 0 Å². The summed E-state index contributed by atoms with van der Waals surface area (Å²) in [5, 5.41) is 40.8. The van der Waals surface area contributed by atoms with Gasteiger partial charge in [-0.25, -0.2) is 4.99 Å². The van der Waals surface area contributed by atoms with E-state index in [2.05, 4.69) is 4.99 Å². The largest absolute Gasteiger partial charge is 0.504 e. The van der Waals surface area contributed by atoms with Crippen LogP contribution in [0.5, 0.6) is 23.0 Å². The Morgan fingerprint density at radius 2 is 1.27 bits per heavy atom. The Morgan fingerprint density at radius 3 is 1.92 bits per heavy atom. The normalized spacial score (nSPS) is 13.7. The van der Waals surface area contributed by atoms with Gasteiger partial charge >= 0.3 is 0 Å². The predicted octanol–water partition coefficient (Wildman–Crippen LogP) is 4.97. The topological polar surface area (TPSA) is 93.3 Å². The van der Waals surface area contributed by atoms with Gasteiger partial charge in [0.2, 0.25) is 0 Å². The average Bonchev–Trinajstić information content (AvgIpc) is 2.84. The Kier molecular flexibility index (Phi) is 3.72. The molecule has 0 saturated carbocycles. The first-order valence-corrected chi connectivity index (χ1v) is 8.27. The highest BCUT2D eigenvalue weighted by Gasteiger charge is 2.30. The van der Waals surface area contributed by atoms with Crippen LogP contribution in [0, 0.1) is 0 Å². The van der Waals surface area contributed by atoms with E-state index in [1.165, 1.54) is 18.2 Å². The molecular weight excluding hydrogens is 377 g/mol. The zero-order valence-corrected chi connectivity index (χ0v) is 14.5. The fourth-order valence-electron chi connectivity index (χ4n) is 3.02. The average molecular weight is 388 g/mol. The third-order valence-corrected chi connectivity index (χ3v) is 4.58. The molecule has 1 aliphatic rings. The number of fused-ring (bicyclic) bond motifs is 3. The second-order valence-corrected chi connectivity index (χ2v) is 6.70. The van der Waals surface area contributed by atoms with Crippen molar-refractivity contribution in [2.24, 2.45) is 4.99 Å². The Balaban J connectivity index is 2.05. The van der Waals surface area contributed by atoms with Gasteiger partial charge in [0.15, 0.2) is 23.0 Å². The highest BCUT2D eigenvalue weighted by molar-refractivity contribution is 6.35. The highest BCUT2D eigenvalue weighted by atomic mass is 35.5. The minimum atomic E-state index is -0.343. The number of hydrogen-bond acceptors (Lipinski definition) is 5. The molecule has 0 heterocycles. The van der Waals surface area contributed by atoms with Crippen molar-refractivity contribution in [3.8, 4) is 34.1 Å². The van der Waals surface area contributed by atoms with Gasteiger partial charge in [-0.2, -0.15) is 0 Å². The number of nitrogens with zero attached hydrogens (tertiary/aromatic N) is 1. The maximum Gasteiger partial charge on any atom is 0.167 e. The second kappa shape index (κ2) is 5.83. The highest BCUT2D eigenvalue weighted by Crippen LogP contribution is 2.48. The molecular formula is C19H11Cl2NO4. The number of hydrogen-bond donors (Lipinski definition) is 4. The lowest BCUT2D eigenvalue weighted by Crippen LogP contribution is -1.98.